The molecule has 0 amide bonds. The topological polar surface area (TPSA) is 90.2 Å². The molecule has 0 radical (unpaired) electrons. The van der Waals surface area contributed by atoms with Crippen molar-refractivity contribution in [2.45, 2.75) is 24.4 Å². The van der Waals surface area contributed by atoms with Crippen molar-refractivity contribution in [1.29, 1.82) is 0 Å². The summed E-state index contributed by atoms with van der Waals surface area (Å²) in [6.07, 6.45) is -4.27. The van der Waals surface area contributed by atoms with E-state index in [0.717, 1.165) is 0 Å². The van der Waals surface area contributed by atoms with E-state index in [2.05, 4.69) is 0 Å². The average molecular weight is 164 g/mol. The van der Waals surface area contributed by atoms with Crippen LogP contribution in [0.4, 0.5) is 0 Å². The summed E-state index contributed by atoms with van der Waals surface area (Å²) in [5, 5.41) is 35.7. The first-order valence-corrected chi connectivity index (χ1v) is 3.43. The molecule has 66 valence electrons. The first-order chi connectivity index (χ1) is 5.16. The van der Waals surface area contributed by atoms with Gasteiger partial charge in [0.05, 0.1) is 13.2 Å². The van der Waals surface area contributed by atoms with Gasteiger partial charge < -0.3 is 25.2 Å². The fourth-order valence-corrected chi connectivity index (χ4v) is 1.03. The Kier molecular flexibility index (Phi) is 2.80. The van der Waals surface area contributed by atoms with E-state index in [1.807, 2.05) is 0 Å². The molecule has 0 aromatic carbocycles. The molecule has 4 atom stereocenters. The average Bonchev–Trinajstić information content (AvgIpc) is 2.01. The zero-order valence-corrected chi connectivity index (χ0v) is 5.92. The van der Waals surface area contributed by atoms with Gasteiger partial charge in [0.15, 0.2) is 0 Å². The summed E-state index contributed by atoms with van der Waals surface area (Å²) in [6, 6.07) is 0. The Morgan fingerprint density at radius 1 is 1.18 bits per heavy atom. The van der Waals surface area contributed by atoms with Crippen LogP contribution in [-0.4, -0.2) is 58.1 Å². The number of rotatable bonds is 1. The largest absolute Gasteiger partial charge is 0.394 e. The van der Waals surface area contributed by atoms with Crippen LogP contribution in [0.2, 0.25) is 0 Å². The molecule has 5 heteroatoms. The van der Waals surface area contributed by atoms with E-state index in [1.54, 1.807) is 0 Å². The molecule has 1 aliphatic rings. The summed E-state index contributed by atoms with van der Waals surface area (Å²) in [4.78, 5) is 0. The van der Waals surface area contributed by atoms with Gasteiger partial charge in [-0.05, 0) is 0 Å². The number of aliphatic hydroxyl groups excluding tert-OH is 4. The van der Waals surface area contributed by atoms with Gasteiger partial charge in [0.2, 0.25) is 0 Å². The third-order valence-electron chi connectivity index (χ3n) is 1.79. The lowest BCUT2D eigenvalue weighted by Crippen LogP contribution is -2.53. The van der Waals surface area contributed by atoms with E-state index in [4.69, 9.17) is 25.2 Å². The standard InChI is InChI=1S/C6H12O5/c7-1-4-6(10)5(9)3(8)2-11-4/h3-10H,1-2H2/t3?,4?,5?,6-/m0/s1. The van der Waals surface area contributed by atoms with Crippen LogP contribution < -0.4 is 0 Å². The molecular weight excluding hydrogens is 152 g/mol. The lowest BCUT2D eigenvalue weighted by atomic mass is 10.0. The number of hydrogen-bond acceptors (Lipinski definition) is 5. The highest BCUT2D eigenvalue weighted by molar-refractivity contribution is 4.85. The van der Waals surface area contributed by atoms with E-state index < -0.39 is 24.4 Å². The second-order valence-corrected chi connectivity index (χ2v) is 2.60. The second-order valence-electron chi connectivity index (χ2n) is 2.60. The SMILES string of the molecule is OCC1OCC(O)C(O)[C@H]1O. The fourth-order valence-electron chi connectivity index (χ4n) is 1.03. The van der Waals surface area contributed by atoms with Crippen molar-refractivity contribution in [3.63, 3.8) is 0 Å². The Morgan fingerprint density at radius 3 is 2.36 bits per heavy atom. The summed E-state index contributed by atoms with van der Waals surface area (Å²) < 4.78 is 4.81. The molecule has 1 heterocycles. The molecule has 1 fully saturated rings. The van der Waals surface area contributed by atoms with Crippen molar-refractivity contribution >= 4 is 0 Å². The second kappa shape index (κ2) is 3.46. The van der Waals surface area contributed by atoms with E-state index in [9.17, 15) is 0 Å². The minimum atomic E-state index is -1.22. The molecule has 0 bridgehead atoms. The Hall–Kier alpha value is -0.200. The molecular formula is C6H12O5. The van der Waals surface area contributed by atoms with E-state index >= 15 is 0 Å². The zero-order chi connectivity index (χ0) is 8.43. The van der Waals surface area contributed by atoms with Crippen molar-refractivity contribution in [1.82, 2.24) is 0 Å². The highest BCUT2D eigenvalue weighted by Gasteiger charge is 2.36. The lowest BCUT2D eigenvalue weighted by Gasteiger charge is -2.34. The molecule has 0 saturated carbocycles. The Labute approximate surface area is 63.8 Å². The van der Waals surface area contributed by atoms with Crippen LogP contribution >= 0.6 is 0 Å². The molecule has 5 nitrogen and oxygen atoms in total. The van der Waals surface area contributed by atoms with Gasteiger partial charge in [-0.15, -0.1) is 0 Å². The number of aliphatic hydroxyl groups is 4. The van der Waals surface area contributed by atoms with Crippen molar-refractivity contribution in [3.8, 4) is 0 Å². The Morgan fingerprint density at radius 2 is 1.82 bits per heavy atom. The summed E-state index contributed by atoms with van der Waals surface area (Å²) in [5.41, 5.74) is 0. The van der Waals surface area contributed by atoms with Crippen LogP contribution in [0.3, 0.4) is 0 Å². The molecule has 0 aliphatic carbocycles. The van der Waals surface area contributed by atoms with Gasteiger partial charge in [0.1, 0.15) is 24.4 Å². The molecule has 0 aromatic heterocycles. The van der Waals surface area contributed by atoms with Crippen LogP contribution in [0, 0.1) is 0 Å². The van der Waals surface area contributed by atoms with E-state index in [-0.39, 0.29) is 13.2 Å². The van der Waals surface area contributed by atoms with Gasteiger partial charge in [-0.3, -0.25) is 0 Å². The lowest BCUT2D eigenvalue weighted by molar-refractivity contribution is -0.195. The highest BCUT2D eigenvalue weighted by Crippen LogP contribution is 2.14. The molecule has 1 aliphatic heterocycles. The maximum Gasteiger partial charge on any atom is 0.111 e. The first kappa shape index (κ1) is 8.89. The predicted molar refractivity (Wildman–Crippen MR) is 34.8 cm³/mol. The van der Waals surface area contributed by atoms with Crippen LogP contribution in [0.15, 0.2) is 0 Å². The van der Waals surface area contributed by atoms with Gasteiger partial charge in [-0.1, -0.05) is 0 Å². The Bertz CT molecular complexity index is 126. The summed E-state index contributed by atoms with van der Waals surface area (Å²) in [6.45, 7) is -0.408. The maximum absolute atomic E-state index is 9.11. The van der Waals surface area contributed by atoms with E-state index in [0.29, 0.717) is 0 Å². The maximum atomic E-state index is 9.11. The molecule has 3 unspecified atom stereocenters. The van der Waals surface area contributed by atoms with Crippen molar-refractivity contribution in [3.05, 3.63) is 0 Å². The van der Waals surface area contributed by atoms with Crippen LogP contribution in [-0.2, 0) is 4.74 Å². The minimum absolute atomic E-state index is 0.0521. The van der Waals surface area contributed by atoms with Crippen molar-refractivity contribution in [2.24, 2.45) is 0 Å². The third-order valence-corrected chi connectivity index (χ3v) is 1.79. The van der Waals surface area contributed by atoms with Gasteiger partial charge in [-0.25, -0.2) is 0 Å². The zero-order valence-electron chi connectivity index (χ0n) is 5.92. The minimum Gasteiger partial charge on any atom is -0.394 e. The first-order valence-electron chi connectivity index (χ1n) is 3.43. The quantitative estimate of drug-likeness (QED) is 0.343. The van der Waals surface area contributed by atoms with Crippen LogP contribution in [0.1, 0.15) is 0 Å². The third kappa shape index (κ3) is 1.69. The van der Waals surface area contributed by atoms with Crippen LogP contribution in [0.5, 0.6) is 0 Å². The van der Waals surface area contributed by atoms with Crippen molar-refractivity contribution < 1.29 is 25.2 Å². The highest BCUT2D eigenvalue weighted by atomic mass is 16.5. The smallest absolute Gasteiger partial charge is 0.111 e. The number of ether oxygens (including phenoxy) is 1. The van der Waals surface area contributed by atoms with Gasteiger partial charge in [-0.2, -0.15) is 0 Å². The van der Waals surface area contributed by atoms with Crippen molar-refractivity contribution in [2.75, 3.05) is 13.2 Å². The Balaban J connectivity index is 2.52. The molecule has 4 N–H and O–H groups in total. The predicted octanol–water partition coefficient (Wildman–Crippen LogP) is -2.54. The van der Waals surface area contributed by atoms with Gasteiger partial charge in [0, 0.05) is 0 Å². The molecule has 1 saturated heterocycles. The molecule has 1 rings (SSSR count). The summed E-state index contributed by atoms with van der Waals surface area (Å²) >= 11 is 0. The number of hydrogen-bond donors (Lipinski definition) is 4. The molecule has 0 aromatic rings. The molecule has 11 heavy (non-hydrogen) atoms. The summed E-state index contributed by atoms with van der Waals surface area (Å²) in [5.74, 6) is 0. The summed E-state index contributed by atoms with van der Waals surface area (Å²) in [7, 11) is 0. The molecule has 0 spiro atoms. The monoisotopic (exact) mass is 164 g/mol. The van der Waals surface area contributed by atoms with Gasteiger partial charge in [0.25, 0.3) is 0 Å². The fraction of sp³-hybridized carbons (Fsp3) is 1.00. The van der Waals surface area contributed by atoms with Crippen LogP contribution in [0.25, 0.3) is 0 Å². The van der Waals surface area contributed by atoms with E-state index in [1.165, 1.54) is 0 Å². The van der Waals surface area contributed by atoms with Gasteiger partial charge >= 0.3 is 0 Å². The normalized spacial score (nSPS) is 45.8.